The fourth-order valence-electron chi connectivity index (χ4n) is 0.481. The van der Waals surface area contributed by atoms with E-state index in [1.165, 1.54) is 0 Å². The summed E-state index contributed by atoms with van der Waals surface area (Å²) in [6.45, 7) is 0. The van der Waals surface area contributed by atoms with Gasteiger partial charge in [0.1, 0.15) is 4.33 Å². The summed E-state index contributed by atoms with van der Waals surface area (Å²) in [5.41, 5.74) is 0. The third kappa shape index (κ3) is 1.88. The van der Waals surface area contributed by atoms with Crippen LogP contribution in [0, 0.1) is 5.92 Å². The van der Waals surface area contributed by atoms with Crippen LogP contribution in [0.25, 0.3) is 0 Å². The van der Waals surface area contributed by atoms with Crippen LogP contribution < -0.4 is 0 Å². The molecule has 0 amide bonds. The molecule has 0 spiro atoms. The second-order valence-corrected chi connectivity index (χ2v) is 3.40. The van der Waals surface area contributed by atoms with Crippen LogP contribution in [0.15, 0.2) is 0 Å². The van der Waals surface area contributed by atoms with Crippen molar-refractivity contribution in [2.75, 3.05) is 0 Å². The summed E-state index contributed by atoms with van der Waals surface area (Å²) in [7, 11) is 0. The molecule has 5 heteroatoms. The minimum Gasteiger partial charge on any atom is -0.481 e. The number of hydrogen-bond donors (Lipinski definition) is 1. The number of carboxylic acids is 1. The smallest absolute Gasteiger partial charge is 0.309 e. The highest BCUT2D eigenvalue weighted by Crippen LogP contribution is 2.53. The molecule has 0 aromatic carbocycles. The lowest BCUT2D eigenvalue weighted by Gasteiger charge is -1.88. The van der Waals surface area contributed by atoms with Crippen molar-refractivity contribution in [3.8, 4) is 0 Å². The Bertz CT molecular complexity index is 134. The van der Waals surface area contributed by atoms with Gasteiger partial charge in [-0.2, -0.15) is 0 Å². The van der Waals surface area contributed by atoms with Crippen molar-refractivity contribution in [3.63, 3.8) is 0 Å². The Labute approximate surface area is 68.5 Å². The summed E-state index contributed by atoms with van der Waals surface area (Å²) >= 11 is 10.8. The van der Waals surface area contributed by atoms with Crippen LogP contribution in [-0.2, 0) is 4.79 Å². The summed E-state index contributed by atoms with van der Waals surface area (Å²) in [6.07, 6.45) is 0.380. The van der Waals surface area contributed by atoms with E-state index in [9.17, 15) is 4.79 Å². The molecule has 1 N–H and O–H groups in total. The molecule has 1 fully saturated rings. The molecular formula is C4H5Cl3O2. The number of halogens is 3. The second-order valence-electron chi connectivity index (χ2n) is 1.86. The summed E-state index contributed by atoms with van der Waals surface area (Å²) in [5.74, 6) is -1.44. The fourth-order valence-corrected chi connectivity index (χ4v) is 0.976. The first-order chi connectivity index (χ1) is 3.54. The van der Waals surface area contributed by atoms with Gasteiger partial charge in [0, 0.05) is 0 Å². The van der Waals surface area contributed by atoms with E-state index in [0.29, 0.717) is 6.42 Å². The van der Waals surface area contributed by atoms with E-state index in [-0.39, 0.29) is 12.4 Å². The molecule has 1 aliphatic carbocycles. The standard InChI is InChI=1S/C4H4Cl2O2.ClH/c5-4(6)1-2(4)3(7)8;/h2H,1H2,(H,7,8);1H. The van der Waals surface area contributed by atoms with Gasteiger partial charge in [-0.1, -0.05) is 0 Å². The van der Waals surface area contributed by atoms with Crippen molar-refractivity contribution >= 4 is 41.6 Å². The highest BCUT2D eigenvalue weighted by Gasteiger charge is 2.56. The fraction of sp³-hybridized carbons (Fsp3) is 0.750. The maximum atomic E-state index is 10.0. The van der Waals surface area contributed by atoms with Gasteiger partial charge in [-0.3, -0.25) is 4.79 Å². The molecule has 9 heavy (non-hydrogen) atoms. The van der Waals surface area contributed by atoms with E-state index in [0.717, 1.165) is 0 Å². The van der Waals surface area contributed by atoms with Crippen molar-refractivity contribution in [2.45, 2.75) is 10.8 Å². The number of hydrogen-bond acceptors (Lipinski definition) is 1. The molecule has 1 unspecified atom stereocenters. The number of carbonyl (C=O) groups is 1. The molecule has 0 aromatic rings. The van der Waals surface area contributed by atoms with E-state index in [1.807, 2.05) is 0 Å². The van der Waals surface area contributed by atoms with E-state index in [4.69, 9.17) is 28.3 Å². The maximum absolute atomic E-state index is 10.0. The van der Waals surface area contributed by atoms with Gasteiger partial charge in [-0.25, -0.2) is 0 Å². The Morgan fingerprint density at radius 1 is 1.67 bits per heavy atom. The number of rotatable bonds is 1. The van der Waals surface area contributed by atoms with Crippen molar-refractivity contribution in [1.29, 1.82) is 0 Å². The van der Waals surface area contributed by atoms with Gasteiger partial charge in [0.15, 0.2) is 0 Å². The largest absolute Gasteiger partial charge is 0.481 e. The third-order valence-corrected chi connectivity index (χ3v) is 1.96. The van der Waals surface area contributed by atoms with Crippen molar-refractivity contribution in [1.82, 2.24) is 0 Å². The lowest BCUT2D eigenvalue weighted by Crippen LogP contribution is -2.03. The number of carboxylic acid groups (broad SMARTS) is 1. The summed E-state index contributed by atoms with van der Waals surface area (Å²) in [4.78, 5) is 10.0. The molecule has 1 rings (SSSR count). The first-order valence-electron chi connectivity index (χ1n) is 2.14. The van der Waals surface area contributed by atoms with Crippen molar-refractivity contribution < 1.29 is 9.90 Å². The molecule has 2 nitrogen and oxygen atoms in total. The van der Waals surface area contributed by atoms with Crippen LogP contribution in [-0.4, -0.2) is 15.4 Å². The molecule has 0 aliphatic heterocycles. The Morgan fingerprint density at radius 2 is 2.00 bits per heavy atom. The molecule has 0 heterocycles. The van der Waals surface area contributed by atoms with Crippen LogP contribution in [0.4, 0.5) is 0 Å². The monoisotopic (exact) mass is 190 g/mol. The first-order valence-corrected chi connectivity index (χ1v) is 2.90. The second kappa shape index (κ2) is 2.52. The zero-order chi connectivity index (χ0) is 6.36. The minimum atomic E-state index is -0.966. The van der Waals surface area contributed by atoms with Gasteiger partial charge in [-0.05, 0) is 6.42 Å². The Balaban J connectivity index is 0.000000640. The van der Waals surface area contributed by atoms with E-state index >= 15 is 0 Å². The van der Waals surface area contributed by atoms with Crippen LogP contribution in [0.2, 0.25) is 0 Å². The lowest BCUT2D eigenvalue weighted by atomic mass is 10.4. The Morgan fingerprint density at radius 3 is 2.00 bits per heavy atom. The molecule has 0 saturated heterocycles. The molecule has 1 atom stereocenters. The van der Waals surface area contributed by atoms with Gasteiger partial charge in [0.2, 0.25) is 0 Å². The zero-order valence-electron chi connectivity index (χ0n) is 4.30. The molecule has 0 bridgehead atoms. The molecule has 54 valence electrons. The zero-order valence-corrected chi connectivity index (χ0v) is 6.63. The highest BCUT2D eigenvalue weighted by molar-refractivity contribution is 6.52. The summed E-state index contributed by atoms with van der Waals surface area (Å²) < 4.78 is -0.966. The van der Waals surface area contributed by atoms with Crippen LogP contribution in [0.5, 0.6) is 0 Å². The van der Waals surface area contributed by atoms with Crippen LogP contribution >= 0.6 is 35.6 Å². The van der Waals surface area contributed by atoms with Gasteiger partial charge in [0.05, 0.1) is 5.92 Å². The van der Waals surface area contributed by atoms with E-state index < -0.39 is 16.2 Å². The topological polar surface area (TPSA) is 37.3 Å². The number of alkyl halides is 2. The highest BCUT2D eigenvalue weighted by atomic mass is 35.5. The van der Waals surface area contributed by atoms with Crippen LogP contribution in [0.3, 0.4) is 0 Å². The predicted molar refractivity (Wildman–Crippen MR) is 37.4 cm³/mol. The SMILES string of the molecule is Cl.O=C(O)C1CC1(Cl)Cl. The van der Waals surface area contributed by atoms with Gasteiger partial charge < -0.3 is 5.11 Å². The first kappa shape index (κ1) is 9.34. The number of aliphatic carboxylic acids is 1. The average Bonchev–Trinajstić information content (AvgIpc) is 2.13. The molecule has 0 radical (unpaired) electrons. The maximum Gasteiger partial charge on any atom is 0.309 e. The normalized spacial score (nSPS) is 28.4. The average molecular weight is 191 g/mol. The van der Waals surface area contributed by atoms with Crippen molar-refractivity contribution in [3.05, 3.63) is 0 Å². The van der Waals surface area contributed by atoms with Crippen LogP contribution in [0.1, 0.15) is 6.42 Å². The van der Waals surface area contributed by atoms with Gasteiger partial charge in [-0.15, -0.1) is 35.6 Å². The molecular weight excluding hydrogens is 186 g/mol. The molecule has 1 saturated carbocycles. The van der Waals surface area contributed by atoms with E-state index in [1.54, 1.807) is 0 Å². The quantitative estimate of drug-likeness (QED) is 0.641. The van der Waals surface area contributed by atoms with Crippen molar-refractivity contribution in [2.24, 2.45) is 5.92 Å². The van der Waals surface area contributed by atoms with E-state index in [2.05, 4.69) is 0 Å². The summed E-state index contributed by atoms with van der Waals surface area (Å²) in [6, 6.07) is 0. The Kier molecular flexibility index (Phi) is 2.62. The lowest BCUT2D eigenvalue weighted by molar-refractivity contribution is -0.138. The minimum absolute atomic E-state index is 0. The van der Waals surface area contributed by atoms with Gasteiger partial charge in [0.25, 0.3) is 0 Å². The van der Waals surface area contributed by atoms with Gasteiger partial charge >= 0.3 is 5.97 Å². The molecule has 1 aliphatic rings. The predicted octanol–water partition coefficient (Wildman–Crippen LogP) is 1.69. The Hall–Kier alpha value is 0.340. The molecule has 0 aromatic heterocycles. The third-order valence-electron chi connectivity index (χ3n) is 1.12. The summed E-state index contributed by atoms with van der Waals surface area (Å²) in [5, 5.41) is 8.22.